The Labute approximate surface area is 76.6 Å². The molecular formula is C9H11ClO2. The van der Waals surface area contributed by atoms with Gasteiger partial charge in [-0.1, -0.05) is 12.2 Å². The number of rotatable bonds is 2. The van der Waals surface area contributed by atoms with Crippen LogP contribution in [0.2, 0.25) is 0 Å². The molecule has 0 aromatic heterocycles. The van der Waals surface area contributed by atoms with Gasteiger partial charge < -0.3 is 0 Å². The third-order valence-corrected chi connectivity index (χ3v) is 2.53. The summed E-state index contributed by atoms with van der Waals surface area (Å²) in [6, 6.07) is 0. The summed E-state index contributed by atoms with van der Waals surface area (Å²) in [5.41, 5.74) is 0. The van der Waals surface area contributed by atoms with Crippen molar-refractivity contribution >= 4 is 22.6 Å². The quantitative estimate of drug-likeness (QED) is 0.488. The van der Waals surface area contributed by atoms with Crippen molar-refractivity contribution in [3.05, 3.63) is 12.2 Å². The molecule has 2 unspecified atom stereocenters. The Kier molecular flexibility index (Phi) is 3.04. The number of hydrogen-bond donors (Lipinski definition) is 0. The molecule has 0 amide bonds. The van der Waals surface area contributed by atoms with Gasteiger partial charge in [-0.25, -0.2) is 0 Å². The molecule has 0 saturated heterocycles. The number of Topliss-reactive ketones (excluding diaryl/α,β-unsaturated/α-hetero) is 1. The average Bonchev–Trinajstić information content (AvgIpc) is 2.04. The lowest BCUT2D eigenvalue weighted by Crippen LogP contribution is -2.27. The van der Waals surface area contributed by atoms with Gasteiger partial charge >= 0.3 is 0 Å². The van der Waals surface area contributed by atoms with Gasteiger partial charge in [-0.15, -0.1) is 0 Å². The van der Waals surface area contributed by atoms with Gasteiger partial charge in [0, 0.05) is 11.8 Å². The van der Waals surface area contributed by atoms with Crippen molar-refractivity contribution in [3.8, 4) is 0 Å². The van der Waals surface area contributed by atoms with Crippen molar-refractivity contribution in [2.75, 3.05) is 0 Å². The maximum Gasteiger partial charge on any atom is 0.225 e. The molecule has 0 radical (unpaired) electrons. The van der Waals surface area contributed by atoms with Crippen LogP contribution in [0.25, 0.3) is 0 Å². The van der Waals surface area contributed by atoms with E-state index in [9.17, 15) is 9.59 Å². The van der Waals surface area contributed by atoms with Crippen LogP contribution in [0.15, 0.2) is 12.2 Å². The zero-order valence-electron chi connectivity index (χ0n) is 6.92. The van der Waals surface area contributed by atoms with Gasteiger partial charge in [0.2, 0.25) is 5.24 Å². The first-order chi connectivity index (χ1) is 5.63. The summed E-state index contributed by atoms with van der Waals surface area (Å²) in [6.07, 6.45) is 5.10. The van der Waals surface area contributed by atoms with E-state index in [1.807, 2.05) is 12.2 Å². The van der Waals surface area contributed by atoms with E-state index >= 15 is 0 Å². The first kappa shape index (κ1) is 9.46. The molecule has 0 heterocycles. The monoisotopic (exact) mass is 186 g/mol. The highest BCUT2D eigenvalue weighted by atomic mass is 35.5. The molecule has 3 heteroatoms. The van der Waals surface area contributed by atoms with Crippen LogP contribution < -0.4 is 0 Å². The molecule has 0 aromatic rings. The molecule has 2 atom stereocenters. The standard InChI is InChI=1S/C9H11ClO2/c1-6(11)7-4-2-3-5-8(7)9(10)12/h2-3,7-8H,4-5H2,1H3. The lowest BCUT2D eigenvalue weighted by Gasteiger charge is -2.22. The molecule has 0 fully saturated rings. The molecule has 1 aliphatic carbocycles. The summed E-state index contributed by atoms with van der Waals surface area (Å²) < 4.78 is 0. The van der Waals surface area contributed by atoms with E-state index in [1.54, 1.807) is 0 Å². The predicted molar refractivity (Wildman–Crippen MR) is 46.9 cm³/mol. The summed E-state index contributed by atoms with van der Waals surface area (Å²) in [6.45, 7) is 1.51. The SMILES string of the molecule is CC(=O)C1CC=CCC1C(=O)Cl. The minimum Gasteiger partial charge on any atom is -0.300 e. The number of carbonyl (C=O) groups is 2. The van der Waals surface area contributed by atoms with Crippen LogP contribution in [-0.4, -0.2) is 11.0 Å². The molecule has 0 aliphatic heterocycles. The second-order valence-corrected chi connectivity index (χ2v) is 3.44. The van der Waals surface area contributed by atoms with E-state index in [0.717, 1.165) is 0 Å². The first-order valence-electron chi connectivity index (χ1n) is 3.97. The summed E-state index contributed by atoms with van der Waals surface area (Å²) in [5, 5.41) is -0.389. The maximum absolute atomic E-state index is 11.1. The Morgan fingerprint density at radius 2 is 1.75 bits per heavy atom. The van der Waals surface area contributed by atoms with Crippen molar-refractivity contribution in [1.82, 2.24) is 0 Å². The zero-order valence-corrected chi connectivity index (χ0v) is 7.67. The van der Waals surface area contributed by atoms with Crippen LogP contribution in [0.3, 0.4) is 0 Å². The second kappa shape index (κ2) is 3.85. The van der Waals surface area contributed by atoms with Gasteiger partial charge in [0.1, 0.15) is 5.78 Å². The number of carbonyl (C=O) groups excluding carboxylic acids is 2. The van der Waals surface area contributed by atoms with Crippen LogP contribution in [0.4, 0.5) is 0 Å². The van der Waals surface area contributed by atoms with Crippen molar-refractivity contribution in [2.45, 2.75) is 19.8 Å². The van der Waals surface area contributed by atoms with Crippen molar-refractivity contribution in [2.24, 2.45) is 11.8 Å². The number of halogens is 1. The van der Waals surface area contributed by atoms with Gasteiger partial charge in [0.05, 0.1) is 0 Å². The molecule has 2 nitrogen and oxygen atoms in total. The Morgan fingerprint density at radius 3 is 2.08 bits per heavy atom. The Bertz CT molecular complexity index is 209. The summed E-state index contributed by atoms with van der Waals surface area (Å²) in [7, 11) is 0. The zero-order chi connectivity index (χ0) is 9.14. The van der Waals surface area contributed by atoms with Crippen molar-refractivity contribution in [3.63, 3.8) is 0 Å². The normalized spacial score (nSPS) is 28.5. The van der Waals surface area contributed by atoms with Crippen LogP contribution in [0.5, 0.6) is 0 Å². The first-order valence-corrected chi connectivity index (χ1v) is 4.35. The third-order valence-electron chi connectivity index (χ3n) is 2.25. The summed E-state index contributed by atoms with van der Waals surface area (Å²) >= 11 is 5.37. The van der Waals surface area contributed by atoms with E-state index in [2.05, 4.69) is 0 Å². The number of ketones is 1. The molecule has 0 bridgehead atoms. The molecule has 0 N–H and O–H groups in total. The smallest absolute Gasteiger partial charge is 0.225 e. The highest BCUT2D eigenvalue weighted by molar-refractivity contribution is 6.64. The molecule has 0 saturated carbocycles. The van der Waals surface area contributed by atoms with E-state index in [0.29, 0.717) is 12.8 Å². The van der Waals surface area contributed by atoms with Crippen LogP contribution in [0.1, 0.15) is 19.8 Å². The molecule has 1 aliphatic rings. The van der Waals surface area contributed by atoms with Gasteiger partial charge in [0.15, 0.2) is 0 Å². The lowest BCUT2D eigenvalue weighted by atomic mass is 9.81. The van der Waals surface area contributed by atoms with Gasteiger partial charge in [-0.2, -0.15) is 0 Å². The molecule has 0 spiro atoms. The van der Waals surface area contributed by atoms with Crippen molar-refractivity contribution in [1.29, 1.82) is 0 Å². The summed E-state index contributed by atoms with van der Waals surface area (Å²) in [5.74, 6) is -0.437. The Morgan fingerprint density at radius 1 is 1.25 bits per heavy atom. The third kappa shape index (κ3) is 1.95. The molecule has 66 valence electrons. The summed E-state index contributed by atoms with van der Waals surface area (Å²) in [4.78, 5) is 22.0. The molecule has 1 rings (SSSR count). The van der Waals surface area contributed by atoms with Crippen LogP contribution in [-0.2, 0) is 9.59 Å². The maximum atomic E-state index is 11.1. The van der Waals surface area contributed by atoms with Gasteiger partial charge in [0.25, 0.3) is 0 Å². The van der Waals surface area contributed by atoms with Crippen LogP contribution in [0, 0.1) is 11.8 Å². The predicted octanol–water partition coefficient (Wildman–Crippen LogP) is 1.92. The molecular weight excluding hydrogens is 176 g/mol. The Hall–Kier alpha value is -0.630. The Balaban J connectivity index is 2.76. The fourth-order valence-electron chi connectivity index (χ4n) is 1.51. The van der Waals surface area contributed by atoms with E-state index in [1.165, 1.54) is 6.92 Å². The van der Waals surface area contributed by atoms with E-state index in [-0.39, 0.29) is 22.9 Å². The topological polar surface area (TPSA) is 34.1 Å². The number of allylic oxidation sites excluding steroid dienone is 2. The van der Waals surface area contributed by atoms with Gasteiger partial charge in [-0.3, -0.25) is 9.59 Å². The van der Waals surface area contributed by atoms with Crippen LogP contribution >= 0.6 is 11.6 Å². The number of hydrogen-bond acceptors (Lipinski definition) is 2. The average molecular weight is 187 g/mol. The van der Waals surface area contributed by atoms with E-state index < -0.39 is 0 Å². The lowest BCUT2D eigenvalue weighted by molar-refractivity contribution is -0.127. The second-order valence-electron chi connectivity index (χ2n) is 3.07. The highest BCUT2D eigenvalue weighted by Gasteiger charge is 2.30. The molecule has 0 aromatic carbocycles. The molecule has 12 heavy (non-hydrogen) atoms. The van der Waals surface area contributed by atoms with Crippen molar-refractivity contribution < 1.29 is 9.59 Å². The highest BCUT2D eigenvalue weighted by Crippen LogP contribution is 2.27. The largest absolute Gasteiger partial charge is 0.300 e. The minimum absolute atomic E-state index is 0.0540. The fourth-order valence-corrected chi connectivity index (χ4v) is 1.76. The van der Waals surface area contributed by atoms with Gasteiger partial charge in [-0.05, 0) is 31.4 Å². The minimum atomic E-state index is -0.389. The fraction of sp³-hybridized carbons (Fsp3) is 0.556. The van der Waals surface area contributed by atoms with E-state index in [4.69, 9.17) is 11.6 Å².